The van der Waals surface area contributed by atoms with Crippen molar-refractivity contribution >= 4 is 39.9 Å². The fraction of sp³-hybridized carbons (Fsp3) is 0.258. The number of nitrogens with zero attached hydrogens (tertiary/aromatic N) is 5. The van der Waals surface area contributed by atoms with Crippen molar-refractivity contribution in [2.75, 3.05) is 23.7 Å². The second kappa shape index (κ2) is 14.5. The Hall–Kier alpha value is -5.45. The molecule has 0 radical (unpaired) electrons. The van der Waals surface area contributed by atoms with E-state index in [1.807, 2.05) is 23.0 Å². The molecule has 0 saturated carbocycles. The van der Waals surface area contributed by atoms with E-state index in [9.17, 15) is 26.3 Å². The minimum absolute atomic E-state index is 0.181. The van der Waals surface area contributed by atoms with Gasteiger partial charge in [-0.15, -0.1) is 0 Å². The number of aliphatic carboxylic acids is 2. The molecule has 1 aliphatic heterocycles. The molecular weight excluding hydrogens is 648 g/mol. The van der Waals surface area contributed by atoms with E-state index in [4.69, 9.17) is 36.3 Å². The predicted octanol–water partition coefficient (Wildman–Crippen LogP) is 5.31. The van der Waals surface area contributed by atoms with Gasteiger partial charge in [0.25, 0.3) is 0 Å². The third-order valence-electron chi connectivity index (χ3n) is 7.22. The van der Waals surface area contributed by atoms with Crippen molar-refractivity contribution in [3.8, 4) is 11.3 Å². The Morgan fingerprint density at radius 1 is 0.917 bits per heavy atom. The lowest BCUT2D eigenvalue weighted by Crippen LogP contribution is -2.43. The van der Waals surface area contributed by atoms with Crippen LogP contribution < -0.4 is 16.4 Å². The average Bonchev–Trinajstić information content (AvgIpc) is 3.44. The molecule has 48 heavy (non-hydrogen) atoms. The van der Waals surface area contributed by atoms with Crippen LogP contribution in [-0.4, -0.2) is 73.0 Å². The number of carbonyl (C=O) groups is 2. The maximum absolute atomic E-state index is 10.6. The molecule has 0 aliphatic carbocycles. The van der Waals surface area contributed by atoms with Crippen LogP contribution >= 0.6 is 0 Å². The van der Waals surface area contributed by atoms with E-state index in [2.05, 4.69) is 63.4 Å². The maximum Gasteiger partial charge on any atom is 0.490 e. The van der Waals surface area contributed by atoms with Gasteiger partial charge in [-0.25, -0.2) is 19.6 Å². The molecule has 254 valence electrons. The van der Waals surface area contributed by atoms with E-state index >= 15 is 0 Å². The Labute approximate surface area is 268 Å². The fourth-order valence-corrected chi connectivity index (χ4v) is 5.06. The number of nitrogens with two attached hydrogens (primary N) is 2. The zero-order valence-corrected chi connectivity index (χ0v) is 24.9. The van der Waals surface area contributed by atoms with Crippen LogP contribution in [0.1, 0.15) is 24.1 Å². The van der Waals surface area contributed by atoms with Crippen LogP contribution in [0.4, 0.5) is 37.8 Å². The van der Waals surface area contributed by atoms with Crippen molar-refractivity contribution in [1.82, 2.24) is 19.4 Å². The van der Waals surface area contributed by atoms with Gasteiger partial charge in [-0.05, 0) is 35.2 Å². The minimum Gasteiger partial charge on any atom is -0.475 e. The molecular formula is C31H29F6N7O4. The molecule has 0 unspecified atom stereocenters. The van der Waals surface area contributed by atoms with Crippen LogP contribution in [0, 0.1) is 0 Å². The summed E-state index contributed by atoms with van der Waals surface area (Å²) in [6.45, 7) is 1.83. The van der Waals surface area contributed by atoms with Crippen LogP contribution in [0.25, 0.3) is 27.7 Å². The van der Waals surface area contributed by atoms with Crippen molar-refractivity contribution in [3.63, 3.8) is 0 Å². The molecule has 6 rings (SSSR count). The molecule has 1 aliphatic rings. The van der Waals surface area contributed by atoms with Crippen molar-refractivity contribution in [1.29, 1.82) is 0 Å². The van der Waals surface area contributed by atoms with Crippen LogP contribution in [0.2, 0.25) is 0 Å². The van der Waals surface area contributed by atoms with Gasteiger partial charge in [0.15, 0.2) is 11.5 Å². The molecule has 0 amide bonds. The van der Waals surface area contributed by atoms with E-state index < -0.39 is 24.3 Å². The largest absolute Gasteiger partial charge is 0.490 e. The average molecular weight is 678 g/mol. The first kappa shape index (κ1) is 35.4. The molecule has 11 nitrogen and oxygen atoms in total. The number of fused-ring (bicyclic) bond motifs is 2. The molecule has 17 heteroatoms. The number of halogens is 6. The lowest BCUT2D eigenvalue weighted by atomic mass is 9.98. The summed E-state index contributed by atoms with van der Waals surface area (Å²) in [5.74, 6) is -5.08. The summed E-state index contributed by atoms with van der Waals surface area (Å²) in [7, 11) is 0. The van der Waals surface area contributed by atoms with Gasteiger partial charge in [0.2, 0.25) is 0 Å². The Balaban J connectivity index is 0.000000314. The van der Waals surface area contributed by atoms with Gasteiger partial charge >= 0.3 is 24.3 Å². The highest BCUT2D eigenvalue weighted by atomic mass is 19.4. The first-order valence-electron chi connectivity index (χ1n) is 14.2. The molecule has 0 bridgehead atoms. The highest BCUT2D eigenvalue weighted by molar-refractivity contribution is 5.96. The summed E-state index contributed by atoms with van der Waals surface area (Å²) in [5.41, 5.74) is 18.5. The van der Waals surface area contributed by atoms with Crippen molar-refractivity contribution < 1.29 is 46.1 Å². The highest BCUT2D eigenvalue weighted by Crippen LogP contribution is 2.33. The van der Waals surface area contributed by atoms with Crippen LogP contribution in [0.5, 0.6) is 0 Å². The van der Waals surface area contributed by atoms with Crippen molar-refractivity contribution in [2.24, 2.45) is 5.73 Å². The monoisotopic (exact) mass is 677 g/mol. The van der Waals surface area contributed by atoms with E-state index in [1.54, 1.807) is 6.20 Å². The zero-order valence-electron chi connectivity index (χ0n) is 24.9. The Morgan fingerprint density at radius 3 is 2.21 bits per heavy atom. The van der Waals surface area contributed by atoms with Crippen LogP contribution in [0.15, 0.2) is 73.3 Å². The van der Waals surface area contributed by atoms with E-state index in [0.717, 1.165) is 48.6 Å². The normalized spacial score (nSPS) is 14.9. The summed E-state index contributed by atoms with van der Waals surface area (Å²) >= 11 is 0. The lowest BCUT2D eigenvalue weighted by molar-refractivity contribution is -0.193. The van der Waals surface area contributed by atoms with Gasteiger partial charge in [-0.2, -0.15) is 26.3 Å². The van der Waals surface area contributed by atoms with E-state index in [0.29, 0.717) is 17.9 Å². The van der Waals surface area contributed by atoms with E-state index in [1.165, 1.54) is 16.3 Å². The molecule has 5 aromatic rings. The number of hydrogen-bond donors (Lipinski definition) is 4. The maximum atomic E-state index is 10.6. The van der Waals surface area contributed by atoms with Gasteiger partial charge in [-0.3, -0.25) is 9.38 Å². The summed E-state index contributed by atoms with van der Waals surface area (Å²) < 4.78 is 65.5. The third kappa shape index (κ3) is 8.67. The number of anilines is 2. The van der Waals surface area contributed by atoms with Gasteiger partial charge < -0.3 is 26.6 Å². The molecule has 6 N–H and O–H groups in total. The van der Waals surface area contributed by atoms with Gasteiger partial charge in [-0.1, -0.05) is 42.5 Å². The summed E-state index contributed by atoms with van der Waals surface area (Å²) in [5, 5.41) is 16.7. The number of carboxylic acids is 2. The van der Waals surface area contributed by atoms with Crippen LogP contribution in [-0.2, 0) is 16.0 Å². The molecule has 1 saturated heterocycles. The Bertz CT molecular complexity index is 1880. The van der Waals surface area contributed by atoms with Crippen LogP contribution in [0.3, 0.4) is 0 Å². The number of aromatic nitrogens is 4. The summed E-state index contributed by atoms with van der Waals surface area (Å²) in [4.78, 5) is 33.8. The standard InChI is InChI=1S/C27H27N7.2C2HF3O2/c28-20-7-4-11-33(17-20)25-16-31-24(23-9-3-6-18-5-1-2-8-22(18)23)14-19(25)13-21-15-32-27-26(29)30-10-12-34(21)27;2*3-2(4,5)1(6)7/h1-3,5-6,8-10,12,14-16,20H,4,7,11,13,17,28H2,(H2,29,30);2*(H,6,7)/t20-;;/m1../s1. The summed E-state index contributed by atoms with van der Waals surface area (Å²) in [6, 6.07) is 17.2. The second-order valence-electron chi connectivity index (χ2n) is 10.6. The van der Waals surface area contributed by atoms with E-state index in [-0.39, 0.29) is 6.04 Å². The SMILES string of the molecule is Nc1nccn2c(Cc3cc(-c4cccc5ccccc45)ncc3N3CCC[C@@H](N)C3)cnc12.O=C(O)C(F)(F)F.O=C(O)C(F)(F)F. The van der Waals surface area contributed by atoms with Gasteiger partial charge in [0.05, 0.1) is 17.6 Å². The third-order valence-corrected chi connectivity index (χ3v) is 7.22. The second-order valence-corrected chi connectivity index (χ2v) is 10.6. The first-order valence-corrected chi connectivity index (χ1v) is 14.2. The quantitative estimate of drug-likeness (QED) is 0.183. The number of pyridine rings is 1. The number of alkyl halides is 6. The first-order chi connectivity index (χ1) is 22.6. The number of nitrogen functional groups attached to an aromatic ring is 1. The number of imidazole rings is 1. The number of rotatable bonds is 4. The molecule has 4 heterocycles. The molecule has 1 atom stereocenters. The van der Waals surface area contributed by atoms with Crippen molar-refractivity contribution in [2.45, 2.75) is 37.7 Å². The number of hydrogen-bond acceptors (Lipinski definition) is 8. The molecule has 0 spiro atoms. The topological polar surface area (TPSA) is 173 Å². The smallest absolute Gasteiger partial charge is 0.475 e. The van der Waals surface area contributed by atoms with Crippen molar-refractivity contribution in [3.05, 3.63) is 84.6 Å². The lowest BCUT2D eigenvalue weighted by Gasteiger charge is -2.34. The summed E-state index contributed by atoms with van der Waals surface area (Å²) in [6.07, 6.45) is 0.215. The highest BCUT2D eigenvalue weighted by Gasteiger charge is 2.38. The minimum atomic E-state index is -5.08. The molecule has 2 aromatic carbocycles. The van der Waals surface area contributed by atoms with Gasteiger partial charge in [0, 0.05) is 55.4 Å². The predicted molar refractivity (Wildman–Crippen MR) is 164 cm³/mol. The Morgan fingerprint density at radius 2 is 1.56 bits per heavy atom. The molecule has 1 fully saturated rings. The van der Waals surface area contributed by atoms with Gasteiger partial charge in [0.1, 0.15) is 0 Å². The fourth-order valence-electron chi connectivity index (χ4n) is 5.06. The zero-order chi connectivity index (χ0) is 35.2. The molecule has 3 aromatic heterocycles. The number of carboxylic acid groups (broad SMARTS) is 2. The number of piperidine rings is 1. The Kier molecular flexibility index (Phi) is 10.7. The number of benzene rings is 2.